The van der Waals surface area contributed by atoms with Crippen LogP contribution in [0.4, 0.5) is 11.4 Å². The van der Waals surface area contributed by atoms with Crippen LogP contribution in [-0.4, -0.2) is 42.3 Å². The van der Waals surface area contributed by atoms with Gasteiger partial charge < -0.3 is 14.2 Å². The van der Waals surface area contributed by atoms with Crippen molar-refractivity contribution in [1.82, 2.24) is 10.8 Å². The highest BCUT2D eigenvalue weighted by Gasteiger charge is 2.22. The molecule has 6 rings (SSSR count). The van der Waals surface area contributed by atoms with Gasteiger partial charge >= 0.3 is 0 Å². The quantitative estimate of drug-likeness (QED) is 0.0785. The van der Waals surface area contributed by atoms with Crippen molar-refractivity contribution in [1.29, 1.82) is 5.26 Å². The summed E-state index contributed by atoms with van der Waals surface area (Å²) in [6.45, 7) is 11.2. The summed E-state index contributed by atoms with van der Waals surface area (Å²) in [7, 11) is -6.14. The number of anilines is 2. The summed E-state index contributed by atoms with van der Waals surface area (Å²) in [5.74, 6) is -0.126. The third-order valence-corrected chi connectivity index (χ3v) is 10.1. The summed E-state index contributed by atoms with van der Waals surface area (Å²) in [4.78, 5) is 29.3. The van der Waals surface area contributed by atoms with E-state index in [9.17, 15) is 26.4 Å². The fourth-order valence-corrected chi connectivity index (χ4v) is 7.25. The number of nitriles is 1. The Morgan fingerprint density at radius 2 is 1.05 bits per heavy atom. The van der Waals surface area contributed by atoms with Crippen LogP contribution in [0.5, 0.6) is 0 Å². The van der Waals surface area contributed by atoms with Gasteiger partial charge in [-0.05, 0) is 74.5 Å². The number of fused-ring (bicyclic) bond motifs is 2. The van der Waals surface area contributed by atoms with Crippen LogP contribution < -0.4 is 20.2 Å². The molecular weight excluding hydrogens is 747 g/mol. The number of nitrogens with one attached hydrogen (secondary N) is 4. The molecule has 0 radical (unpaired) electrons. The number of hydroxylamine groups is 1. The van der Waals surface area contributed by atoms with Crippen molar-refractivity contribution in [2.24, 2.45) is 0 Å². The second-order valence-corrected chi connectivity index (χ2v) is 14.2. The van der Waals surface area contributed by atoms with E-state index in [1.807, 2.05) is 33.8 Å². The van der Waals surface area contributed by atoms with Crippen LogP contribution >= 0.6 is 0 Å². The monoisotopic (exact) mass is 789 g/mol. The standard InChI is InChI=1S/C18H15N3O4S.C17H16N2O5S.2C2H6/c1-12-17(18(22)20-10-9-19)15-11-13(7-8-16(15)25-12)21-26(23,24)14-5-3-2-4-6-14;1-11-16(17(20)18-23-2)14-10-12(8-9-15(14)24-11)19-25(21,22)13-6-4-3-5-7-13;2*1-2/h2-8,11,21H,10H2,1H3,(H,20,22);3-10,19H,1-2H3,(H,18,20);2*1-2H3. The number of nitrogens with zero attached hydrogens (tertiary/aromatic N) is 1. The second-order valence-electron chi connectivity index (χ2n) is 10.8. The van der Waals surface area contributed by atoms with Gasteiger partial charge in [0.15, 0.2) is 0 Å². The molecule has 55 heavy (non-hydrogen) atoms. The maximum absolute atomic E-state index is 12.5. The van der Waals surface area contributed by atoms with Crippen LogP contribution in [-0.2, 0) is 24.9 Å². The van der Waals surface area contributed by atoms with Gasteiger partial charge in [-0.15, -0.1) is 0 Å². The van der Waals surface area contributed by atoms with E-state index in [-0.39, 0.29) is 27.5 Å². The van der Waals surface area contributed by atoms with Crippen molar-refractivity contribution in [3.05, 3.63) is 120 Å². The van der Waals surface area contributed by atoms with Gasteiger partial charge in [0, 0.05) is 22.1 Å². The molecule has 0 saturated heterocycles. The largest absolute Gasteiger partial charge is 0.461 e. The minimum Gasteiger partial charge on any atom is -0.461 e. The zero-order valence-electron chi connectivity index (χ0n) is 31.4. The average Bonchev–Trinajstić information content (AvgIpc) is 3.70. The van der Waals surface area contributed by atoms with Crippen molar-refractivity contribution >= 4 is 65.2 Å². The van der Waals surface area contributed by atoms with E-state index in [1.165, 1.54) is 37.4 Å². The summed E-state index contributed by atoms with van der Waals surface area (Å²) >= 11 is 0. The molecule has 16 heteroatoms. The Bertz CT molecular complexity index is 2490. The van der Waals surface area contributed by atoms with Gasteiger partial charge in [0.2, 0.25) is 0 Å². The molecule has 2 amide bonds. The van der Waals surface area contributed by atoms with Gasteiger partial charge in [-0.2, -0.15) is 5.26 Å². The van der Waals surface area contributed by atoms with E-state index in [4.69, 9.17) is 14.1 Å². The van der Waals surface area contributed by atoms with Gasteiger partial charge in [0.05, 0.1) is 34.1 Å². The molecule has 290 valence electrons. The van der Waals surface area contributed by atoms with Crippen molar-refractivity contribution in [2.45, 2.75) is 51.3 Å². The van der Waals surface area contributed by atoms with E-state index < -0.39 is 31.9 Å². The van der Waals surface area contributed by atoms with Gasteiger partial charge in [-0.1, -0.05) is 64.1 Å². The predicted octanol–water partition coefficient (Wildman–Crippen LogP) is 7.68. The maximum Gasteiger partial charge on any atom is 0.279 e. The SMILES string of the molecule is CC.CC.CONC(=O)c1c(C)oc2ccc(NS(=O)(=O)c3ccccc3)cc12.Cc1oc2ccc(NS(=O)(=O)c3ccccc3)cc2c1C(=O)NCC#N. The molecule has 0 aliphatic heterocycles. The van der Waals surface area contributed by atoms with Crippen molar-refractivity contribution in [3.8, 4) is 6.07 Å². The van der Waals surface area contributed by atoms with Gasteiger partial charge in [-0.3, -0.25) is 23.9 Å². The molecule has 0 aliphatic rings. The van der Waals surface area contributed by atoms with Crippen molar-refractivity contribution < 1.29 is 40.1 Å². The number of carbonyl (C=O) groups excluding carboxylic acids is 2. The van der Waals surface area contributed by atoms with Crippen LogP contribution in [0.15, 0.2) is 116 Å². The highest BCUT2D eigenvalue weighted by Crippen LogP contribution is 2.30. The smallest absolute Gasteiger partial charge is 0.279 e. The number of benzene rings is 4. The van der Waals surface area contributed by atoms with Crippen LogP contribution in [0.1, 0.15) is 59.9 Å². The number of amides is 2. The van der Waals surface area contributed by atoms with Crippen LogP contribution in [0.25, 0.3) is 21.9 Å². The number of hydrogen-bond acceptors (Lipinski definition) is 10. The minimum atomic E-state index is -3.75. The predicted molar refractivity (Wildman–Crippen MR) is 212 cm³/mol. The molecule has 2 aromatic heterocycles. The fraction of sp³-hybridized carbons (Fsp3) is 0.205. The Labute approximate surface area is 320 Å². The molecule has 2 heterocycles. The Hall–Kier alpha value is -6.15. The van der Waals surface area contributed by atoms with Crippen LogP contribution in [0, 0.1) is 25.2 Å². The van der Waals surface area contributed by atoms with Crippen LogP contribution in [0.2, 0.25) is 0 Å². The molecule has 14 nitrogen and oxygen atoms in total. The number of rotatable bonds is 10. The first kappa shape index (κ1) is 43.3. The zero-order valence-corrected chi connectivity index (χ0v) is 33.0. The molecule has 4 N–H and O–H groups in total. The Morgan fingerprint density at radius 3 is 1.44 bits per heavy atom. The maximum atomic E-state index is 12.5. The highest BCUT2D eigenvalue weighted by atomic mass is 32.2. The molecular formula is C39H43N5O9S2. The number of aryl methyl sites for hydroxylation is 2. The Morgan fingerprint density at radius 1 is 0.655 bits per heavy atom. The molecule has 0 aliphatic carbocycles. The number of furan rings is 2. The Balaban J connectivity index is 0.000000271. The summed E-state index contributed by atoms with van der Waals surface area (Å²) in [6.07, 6.45) is 0. The lowest BCUT2D eigenvalue weighted by atomic mass is 10.1. The summed E-state index contributed by atoms with van der Waals surface area (Å²) in [5.41, 5.74) is 4.35. The Kier molecular flexibility index (Phi) is 15.6. The molecule has 0 saturated carbocycles. The number of hydrogen-bond donors (Lipinski definition) is 4. The van der Waals surface area contributed by atoms with Gasteiger partial charge in [-0.25, -0.2) is 22.3 Å². The topological polar surface area (TPSA) is 210 Å². The molecule has 0 spiro atoms. The molecule has 0 unspecified atom stereocenters. The molecule has 0 fully saturated rings. The first-order valence-electron chi connectivity index (χ1n) is 17.0. The first-order valence-corrected chi connectivity index (χ1v) is 20.0. The first-order chi connectivity index (χ1) is 26.3. The highest BCUT2D eigenvalue weighted by molar-refractivity contribution is 7.93. The van der Waals surface area contributed by atoms with Gasteiger partial charge in [0.25, 0.3) is 31.9 Å². The summed E-state index contributed by atoms with van der Waals surface area (Å²) in [6, 6.07) is 27.2. The van der Waals surface area contributed by atoms with Crippen molar-refractivity contribution in [2.75, 3.05) is 23.1 Å². The number of sulfonamides is 2. The van der Waals surface area contributed by atoms with E-state index in [0.29, 0.717) is 44.8 Å². The van der Waals surface area contributed by atoms with Crippen molar-refractivity contribution in [3.63, 3.8) is 0 Å². The molecule has 0 bridgehead atoms. The lowest BCUT2D eigenvalue weighted by Crippen LogP contribution is -2.23. The third kappa shape index (κ3) is 10.7. The van der Waals surface area contributed by atoms with E-state index in [2.05, 4.69) is 25.1 Å². The van der Waals surface area contributed by atoms with E-state index in [0.717, 1.165) is 0 Å². The van der Waals surface area contributed by atoms with E-state index >= 15 is 0 Å². The zero-order chi connectivity index (χ0) is 40.8. The molecule has 0 atom stereocenters. The van der Waals surface area contributed by atoms with Crippen LogP contribution in [0.3, 0.4) is 0 Å². The second kappa shape index (κ2) is 19.8. The summed E-state index contributed by atoms with van der Waals surface area (Å²) in [5, 5.41) is 12.0. The molecule has 6 aromatic rings. The van der Waals surface area contributed by atoms with E-state index in [1.54, 1.807) is 80.6 Å². The van der Waals surface area contributed by atoms with Gasteiger partial charge in [0.1, 0.15) is 29.2 Å². The molecule has 4 aromatic carbocycles. The number of carbonyl (C=O) groups is 2. The summed E-state index contributed by atoms with van der Waals surface area (Å²) < 4.78 is 65.9. The normalized spacial score (nSPS) is 10.7. The fourth-order valence-electron chi connectivity index (χ4n) is 5.11. The third-order valence-electron chi connectivity index (χ3n) is 7.32. The minimum absolute atomic E-state index is 0.134. The lowest BCUT2D eigenvalue weighted by molar-refractivity contribution is 0.0537. The average molecular weight is 790 g/mol. The lowest BCUT2D eigenvalue weighted by Gasteiger charge is -2.08.